The van der Waals surface area contributed by atoms with Crippen LogP contribution in [0.5, 0.6) is 5.75 Å². The van der Waals surface area contributed by atoms with Crippen molar-refractivity contribution in [2.24, 2.45) is 0 Å². The summed E-state index contributed by atoms with van der Waals surface area (Å²) in [6.45, 7) is 4.79. The molecule has 1 aliphatic rings. The Morgan fingerprint density at radius 2 is 1.80 bits per heavy atom. The van der Waals surface area contributed by atoms with Crippen LogP contribution in [0.3, 0.4) is 0 Å². The van der Waals surface area contributed by atoms with Gasteiger partial charge in [0.25, 0.3) is 0 Å². The van der Waals surface area contributed by atoms with Crippen molar-refractivity contribution in [3.05, 3.63) is 52.2 Å². The molecule has 25 heavy (non-hydrogen) atoms. The molecule has 2 aromatic carbocycles. The number of aryl methyl sites for hydroxylation is 1. The van der Waals surface area contributed by atoms with Gasteiger partial charge in [-0.15, -0.1) is 0 Å². The first-order chi connectivity index (χ1) is 12.2. The Morgan fingerprint density at radius 3 is 2.56 bits per heavy atom. The van der Waals surface area contributed by atoms with Crippen molar-refractivity contribution in [3.63, 3.8) is 0 Å². The second-order valence-electron chi connectivity index (χ2n) is 6.00. The zero-order valence-corrected chi connectivity index (χ0v) is 14.3. The van der Waals surface area contributed by atoms with E-state index in [1.807, 2.05) is 32.0 Å². The number of hydrogen-bond donors (Lipinski definition) is 0. The van der Waals surface area contributed by atoms with E-state index in [0.29, 0.717) is 53.7 Å². The third-order valence-corrected chi connectivity index (χ3v) is 4.48. The van der Waals surface area contributed by atoms with E-state index >= 15 is 0 Å². The minimum Gasteiger partial charge on any atom is -0.455 e. The molecule has 0 fully saturated rings. The molecule has 5 heteroatoms. The first-order valence-electron chi connectivity index (χ1n) is 8.62. The van der Waals surface area contributed by atoms with Crippen LogP contribution < -0.4 is 10.2 Å². The van der Waals surface area contributed by atoms with Crippen molar-refractivity contribution >= 4 is 21.9 Å². The molecular formula is C20H20O5. The molecule has 0 saturated carbocycles. The van der Waals surface area contributed by atoms with Crippen molar-refractivity contribution < 1.29 is 18.6 Å². The first-order valence-corrected chi connectivity index (χ1v) is 8.62. The average Bonchev–Trinajstić information content (AvgIpc) is 2.62. The molecule has 2 heterocycles. The number of fused-ring (bicyclic) bond motifs is 4. The van der Waals surface area contributed by atoms with Gasteiger partial charge in [0.15, 0.2) is 0 Å². The van der Waals surface area contributed by atoms with Crippen LogP contribution in [0, 0.1) is 0 Å². The van der Waals surface area contributed by atoms with Gasteiger partial charge in [-0.2, -0.15) is 0 Å². The zero-order chi connectivity index (χ0) is 17.4. The zero-order valence-electron chi connectivity index (χ0n) is 14.3. The minimum absolute atomic E-state index is 0.0221. The standard InChI is InChI=1S/C20H20O5/c1-3-22-20(23-4-2)12-11-14-17(25-20)10-9-15-18(21)13-7-5-6-8-16(13)24-19(14)15/h5-10H,3-4,11-12H2,1-2H3. The van der Waals surface area contributed by atoms with Crippen LogP contribution in [0.25, 0.3) is 21.9 Å². The van der Waals surface area contributed by atoms with E-state index in [-0.39, 0.29) is 5.43 Å². The average molecular weight is 340 g/mol. The van der Waals surface area contributed by atoms with Gasteiger partial charge < -0.3 is 18.6 Å². The largest absolute Gasteiger partial charge is 0.455 e. The first kappa shape index (κ1) is 16.1. The van der Waals surface area contributed by atoms with E-state index in [0.717, 1.165) is 5.56 Å². The normalized spacial score (nSPS) is 15.9. The number of hydrogen-bond acceptors (Lipinski definition) is 5. The summed E-state index contributed by atoms with van der Waals surface area (Å²) in [5, 5.41) is 1.16. The lowest BCUT2D eigenvalue weighted by molar-refractivity contribution is -0.347. The lowest BCUT2D eigenvalue weighted by Gasteiger charge is -2.37. The SMILES string of the molecule is CCOC1(OCC)CCc2c(ccc3c(=O)c4ccccc4oc23)O1. The van der Waals surface area contributed by atoms with Gasteiger partial charge in [0.1, 0.15) is 16.9 Å². The Hall–Kier alpha value is -2.37. The summed E-state index contributed by atoms with van der Waals surface area (Å²) in [7, 11) is 0. The molecule has 1 aliphatic heterocycles. The molecule has 0 bridgehead atoms. The number of benzene rings is 2. The van der Waals surface area contributed by atoms with Crippen LogP contribution in [-0.2, 0) is 15.9 Å². The Kier molecular flexibility index (Phi) is 3.98. The fourth-order valence-corrected chi connectivity index (χ4v) is 3.42. The summed E-state index contributed by atoms with van der Waals surface area (Å²) in [6, 6.07) is 10.8. The number of para-hydroxylation sites is 1. The van der Waals surface area contributed by atoms with Crippen molar-refractivity contribution in [3.8, 4) is 5.75 Å². The minimum atomic E-state index is -1.07. The molecular weight excluding hydrogens is 320 g/mol. The highest BCUT2D eigenvalue weighted by atomic mass is 16.9. The molecule has 0 amide bonds. The summed E-state index contributed by atoms with van der Waals surface area (Å²) >= 11 is 0. The van der Waals surface area contributed by atoms with Crippen molar-refractivity contribution in [2.75, 3.05) is 13.2 Å². The molecule has 0 unspecified atom stereocenters. The molecule has 0 atom stereocenters. The predicted octanol–water partition coefficient (Wildman–Crippen LogP) is 4.00. The topological polar surface area (TPSA) is 57.9 Å². The fraction of sp³-hybridized carbons (Fsp3) is 0.350. The second-order valence-corrected chi connectivity index (χ2v) is 6.00. The smallest absolute Gasteiger partial charge is 0.327 e. The maximum absolute atomic E-state index is 12.8. The Balaban J connectivity index is 1.89. The quantitative estimate of drug-likeness (QED) is 0.531. The molecule has 130 valence electrons. The lowest BCUT2D eigenvalue weighted by Crippen LogP contribution is -2.45. The molecule has 5 nitrogen and oxygen atoms in total. The van der Waals surface area contributed by atoms with Gasteiger partial charge >= 0.3 is 5.97 Å². The van der Waals surface area contributed by atoms with Crippen LogP contribution in [0.1, 0.15) is 25.8 Å². The monoisotopic (exact) mass is 340 g/mol. The van der Waals surface area contributed by atoms with Crippen LogP contribution in [-0.4, -0.2) is 19.2 Å². The molecule has 0 spiro atoms. The molecule has 1 aromatic heterocycles. The molecule has 0 radical (unpaired) electrons. The van der Waals surface area contributed by atoms with Crippen LogP contribution in [0.2, 0.25) is 0 Å². The van der Waals surface area contributed by atoms with Gasteiger partial charge in [-0.1, -0.05) is 12.1 Å². The maximum Gasteiger partial charge on any atom is 0.327 e. The highest BCUT2D eigenvalue weighted by molar-refractivity contribution is 5.92. The fourth-order valence-electron chi connectivity index (χ4n) is 3.42. The van der Waals surface area contributed by atoms with Gasteiger partial charge in [-0.05, 0) is 44.5 Å². The van der Waals surface area contributed by atoms with Gasteiger partial charge in [-0.25, -0.2) is 0 Å². The summed E-state index contributed by atoms with van der Waals surface area (Å²) in [6.07, 6.45) is 1.19. The summed E-state index contributed by atoms with van der Waals surface area (Å²) in [5.74, 6) is -0.430. The third-order valence-electron chi connectivity index (χ3n) is 4.48. The molecule has 0 N–H and O–H groups in total. The third kappa shape index (κ3) is 2.60. The lowest BCUT2D eigenvalue weighted by atomic mass is 10.0. The van der Waals surface area contributed by atoms with Gasteiger partial charge in [0.05, 0.1) is 24.0 Å². The molecule has 3 aromatic rings. The van der Waals surface area contributed by atoms with Gasteiger partial charge in [0.2, 0.25) is 5.43 Å². The van der Waals surface area contributed by atoms with E-state index in [9.17, 15) is 4.79 Å². The van der Waals surface area contributed by atoms with Crippen LogP contribution >= 0.6 is 0 Å². The Bertz CT molecular complexity index is 982. The number of ether oxygens (including phenoxy) is 3. The van der Waals surface area contributed by atoms with Crippen molar-refractivity contribution in [1.29, 1.82) is 0 Å². The van der Waals surface area contributed by atoms with Crippen LogP contribution in [0.4, 0.5) is 0 Å². The summed E-state index contributed by atoms with van der Waals surface area (Å²) in [5.41, 5.74) is 2.03. The Morgan fingerprint density at radius 1 is 1.04 bits per heavy atom. The van der Waals surface area contributed by atoms with Crippen molar-refractivity contribution in [1.82, 2.24) is 0 Å². The predicted molar refractivity (Wildman–Crippen MR) is 94.9 cm³/mol. The summed E-state index contributed by atoms with van der Waals surface area (Å²) in [4.78, 5) is 12.8. The van der Waals surface area contributed by atoms with Gasteiger partial charge in [-0.3, -0.25) is 4.79 Å². The van der Waals surface area contributed by atoms with Crippen molar-refractivity contribution in [2.45, 2.75) is 32.7 Å². The van der Waals surface area contributed by atoms with E-state index in [1.165, 1.54) is 0 Å². The molecule has 4 rings (SSSR count). The van der Waals surface area contributed by atoms with E-state index in [2.05, 4.69) is 0 Å². The molecule has 0 aliphatic carbocycles. The second kappa shape index (κ2) is 6.17. The van der Waals surface area contributed by atoms with E-state index in [4.69, 9.17) is 18.6 Å². The van der Waals surface area contributed by atoms with Gasteiger partial charge in [0, 0.05) is 12.0 Å². The van der Waals surface area contributed by atoms with E-state index in [1.54, 1.807) is 18.2 Å². The van der Waals surface area contributed by atoms with Crippen LogP contribution in [0.15, 0.2) is 45.6 Å². The highest BCUT2D eigenvalue weighted by Crippen LogP contribution is 2.39. The Labute approximate surface area is 145 Å². The molecule has 0 saturated heterocycles. The summed E-state index contributed by atoms with van der Waals surface area (Å²) < 4.78 is 23.6. The number of rotatable bonds is 4. The highest BCUT2D eigenvalue weighted by Gasteiger charge is 2.39. The maximum atomic E-state index is 12.8. The van der Waals surface area contributed by atoms with E-state index < -0.39 is 5.97 Å².